The van der Waals surface area contributed by atoms with Gasteiger partial charge in [0.25, 0.3) is 0 Å². The Hall–Kier alpha value is -3.15. The van der Waals surface area contributed by atoms with Crippen LogP contribution >= 0.6 is 0 Å². The van der Waals surface area contributed by atoms with E-state index in [9.17, 15) is 14.4 Å². The molecule has 0 aliphatic heterocycles. The average Bonchev–Trinajstić information content (AvgIpc) is 3.10. The van der Waals surface area contributed by atoms with Gasteiger partial charge >= 0.3 is 11.9 Å². The van der Waals surface area contributed by atoms with Gasteiger partial charge in [0.05, 0.1) is 13.0 Å². The molecule has 0 spiro atoms. The molecule has 2 aromatic rings. The van der Waals surface area contributed by atoms with Crippen molar-refractivity contribution in [2.24, 2.45) is 0 Å². The minimum absolute atomic E-state index is 0.102. The molecule has 0 saturated heterocycles. The van der Waals surface area contributed by atoms with Gasteiger partial charge in [-0.3, -0.25) is 9.59 Å². The lowest BCUT2D eigenvalue weighted by atomic mass is 9.99. The van der Waals surface area contributed by atoms with E-state index < -0.39 is 5.97 Å². The highest BCUT2D eigenvalue weighted by Crippen LogP contribution is 2.27. The summed E-state index contributed by atoms with van der Waals surface area (Å²) in [6, 6.07) is 7.61. The number of nitrogens with zero attached hydrogens (tertiary/aromatic N) is 1. The molecular formula is C32H45NO5. The normalized spacial score (nSPS) is 11.3. The summed E-state index contributed by atoms with van der Waals surface area (Å²) >= 11 is 0. The fraction of sp³-hybridized carbons (Fsp3) is 0.531. The summed E-state index contributed by atoms with van der Waals surface area (Å²) in [5.41, 5.74) is 4.94. The van der Waals surface area contributed by atoms with E-state index in [1.165, 1.54) is 44.9 Å². The summed E-state index contributed by atoms with van der Waals surface area (Å²) in [5.74, 6) is -1.19. The van der Waals surface area contributed by atoms with E-state index in [2.05, 4.69) is 6.92 Å². The molecule has 1 aromatic heterocycles. The number of aliphatic carboxylic acids is 1. The molecule has 1 heterocycles. The second kappa shape index (κ2) is 16.6. The van der Waals surface area contributed by atoms with Crippen molar-refractivity contribution >= 4 is 23.8 Å². The van der Waals surface area contributed by atoms with Crippen LogP contribution in [0.1, 0.15) is 116 Å². The summed E-state index contributed by atoms with van der Waals surface area (Å²) in [5, 5.41) is 8.94. The van der Waals surface area contributed by atoms with Gasteiger partial charge in [0.15, 0.2) is 5.78 Å². The van der Waals surface area contributed by atoms with Crippen molar-refractivity contribution in [3.63, 3.8) is 0 Å². The Labute approximate surface area is 228 Å². The Balaban J connectivity index is 2.17. The molecule has 1 aromatic carbocycles. The number of unbranched alkanes of at least 4 members (excludes halogenated alkanes) is 8. The van der Waals surface area contributed by atoms with Crippen LogP contribution in [0.25, 0.3) is 6.08 Å². The van der Waals surface area contributed by atoms with Crippen molar-refractivity contribution in [2.45, 2.75) is 105 Å². The number of Topliss-reactive ketones (excluding diaryl/α,β-unsaturated/α-hetero) is 1. The number of ketones is 1. The maximum atomic E-state index is 13.3. The molecule has 2 rings (SSSR count). The molecule has 0 unspecified atom stereocenters. The number of aromatic nitrogens is 1. The van der Waals surface area contributed by atoms with Gasteiger partial charge in [-0.2, -0.15) is 0 Å². The molecule has 1 N–H and O–H groups in total. The molecule has 0 atom stereocenters. The molecule has 208 valence electrons. The van der Waals surface area contributed by atoms with Crippen LogP contribution in [0.2, 0.25) is 0 Å². The number of carboxylic acid groups (broad SMARTS) is 1. The summed E-state index contributed by atoms with van der Waals surface area (Å²) in [7, 11) is 0. The molecule has 0 saturated carbocycles. The molecule has 0 radical (unpaired) electrons. The van der Waals surface area contributed by atoms with Crippen LogP contribution in [0.5, 0.6) is 0 Å². The summed E-state index contributed by atoms with van der Waals surface area (Å²) in [6.07, 6.45) is 14.1. The Morgan fingerprint density at radius 3 is 2.24 bits per heavy atom. The van der Waals surface area contributed by atoms with Gasteiger partial charge in [0.2, 0.25) is 0 Å². The van der Waals surface area contributed by atoms with Gasteiger partial charge in [-0.05, 0) is 56.0 Å². The van der Waals surface area contributed by atoms with Gasteiger partial charge < -0.3 is 14.4 Å². The highest BCUT2D eigenvalue weighted by molar-refractivity contribution is 5.99. The molecule has 6 heteroatoms. The molecule has 38 heavy (non-hydrogen) atoms. The summed E-state index contributed by atoms with van der Waals surface area (Å²) in [4.78, 5) is 36.7. The van der Waals surface area contributed by atoms with E-state index in [-0.39, 0.29) is 18.2 Å². The standard InChI is InChI=1S/C32H45NO5/c1-5-7-8-9-10-11-12-13-14-18-29(34)32-24(3)28(22-31(37)38-6-2)33(25(32)4)23-27-17-15-16-26(21-27)19-20-30(35)36/h15-17,19-21H,5-14,18,22-23H2,1-4H3,(H,35,36). The topological polar surface area (TPSA) is 85.6 Å². The predicted molar refractivity (Wildman–Crippen MR) is 153 cm³/mol. The van der Waals surface area contributed by atoms with Gasteiger partial charge in [-0.1, -0.05) is 76.5 Å². The summed E-state index contributed by atoms with van der Waals surface area (Å²) < 4.78 is 7.26. The Morgan fingerprint density at radius 1 is 0.947 bits per heavy atom. The number of carboxylic acids is 1. The lowest BCUT2D eigenvalue weighted by Gasteiger charge is -2.13. The van der Waals surface area contributed by atoms with E-state index in [0.717, 1.165) is 47.0 Å². The molecular weight excluding hydrogens is 478 g/mol. The molecule has 0 fully saturated rings. The van der Waals surface area contributed by atoms with E-state index in [1.807, 2.05) is 42.7 Å². The minimum atomic E-state index is -1.00. The number of hydrogen-bond acceptors (Lipinski definition) is 4. The number of rotatable bonds is 18. The SMILES string of the molecule is CCCCCCCCCCCC(=O)c1c(C)c(CC(=O)OCC)n(Cc2cccc(C=CC(=O)O)c2)c1C. The van der Waals surface area contributed by atoms with Crippen LogP contribution in [0, 0.1) is 13.8 Å². The first-order valence-electron chi connectivity index (χ1n) is 14.2. The highest BCUT2D eigenvalue weighted by atomic mass is 16.5. The van der Waals surface area contributed by atoms with Crippen molar-refractivity contribution in [1.82, 2.24) is 4.57 Å². The highest BCUT2D eigenvalue weighted by Gasteiger charge is 2.24. The smallest absolute Gasteiger partial charge is 0.328 e. The third kappa shape index (κ3) is 9.96. The van der Waals surface area contributed by atoms with Crippen molar-refractivity contribution in [1.29, 1.82) is 0 Å². The summed E-state index contributed by atoms with van der Waals surface area (Å²) in [6.45, 7) is 8.66. The Bertz CT molecular complexity index is 1100. The van der Waals surface area contributed by atoms with E-state index >= 15 is 0 Å². The van der Waals surface area contributed by atoms with Crippen LogP contribution in [-0.2, 0) is 27.3 Å². The number of hydrogen-bond donors (Lipinski definition) is 1. The first-order chi connectivity index (χ1) is 18.3. The van der Waals surface area contributed by atoms with Crippen molar-refractivity contribution in [3.8, 4) is 0 Å². The van der Waals surface area contributed by atoms with Crippen LogP contribution < -0.4 is 0 Å². The minimum Gasteiger partial charge on any atom is -0.478 e. The largest absolute Gasteiger partial charge is 0.478 e. The van der Waals surface area contributed by atoms with E-state index in [4.69, 9.17) is 9.84 Å². The number of benzene rings is 1. The van der Waals surface area contributed by atoms with Gasteiger partial charge in [0, 0.05) is 36.0 Å². The molecule has 6 nitrogen and oxygen atoms in total. The lowest BCUT2D eigenvalue weighted by Crippen LogP contribution is -2.14. The fourth-order valence-electron chi connectivity index (χ4n) is 5.02. The first-order valence-corrected chi connectivity index (χ1v) is 14.2. The number of carbonyl (C=O) groups excluding carboxylic acids is 2. The quantitative estimate of drug-likeness (QED) is 0.0948. The van der Waals surface area contributed by atoms with Crippen molar-refractivity contribution in [2.75, 3.05) is 6.61 Å². The van der Waals surface area contributed by atoms with E-state index in [0.29, 0.717) is 25.1 Å². The number of ether oxygens (including phenoxy) is 1. The zero-order valence-corrected chi connectivity index (χ0v) is 23.7. The maximum Gasteiger partial charge on any atom is 0.328 e. The van der Waals surface area contributed by atoms with Crippen LogP contribution in [0.15, 0.2) is 30.3 Å². The van der Waals surface area contributed by atoms with Crippen molar-refractivity contribution in [3.05, 3.63) is 64.0 Å². The third-order valence-electron chi connectivity index (χ3n) is 7.01. The second-order valence-corrected chi connectivity index (χ2v) is 10.0. The zero-order chi connectivity index (χ0) is 27.9. The zero-order valence-electron chi connectivity index (χ0n) is 23.7. The fourth-order valence-corrected chi connectivity index (χ4v) is 5.02. The van der Waals surface area contributed by atoms with Crippen LogP contribution in [0.4, 0.5) is 0 Å². The maximum absolute atomic E-state index is 13.3. The monoisotopic (exact) mass is 523 g/mol. The van der Waals surface area contributed by atoms with Gasteiger partial charge in [-0.15, -0.1) is 0 Å². The number of carbonyl (C=O) groups is 3. The van der Waals surface area contributed by atoms with Gasteiger partial charge in [-0.25, -0.2) is 4.79 Å². The molecule has 0 aliphatic carbocycles. The second-order valence-electron chi connectivity index (χ2n) is 10.0. The Morgan fingerprint density at radius 2 is 1.61 bits per heavy atom. The lowest BCUT2D eigenvalue weighted by molar-refractivity contribution is -0.142. The van der Waals surface area contributed by atoms with Crippen LogP contribution in [-0.4, -0.2) is 34.0 Å². The van der Waals surface area contributed by atoms with Gasteiger partial charge in [0.1, 0.15) is 0 Å². The average molecular weight is 524 g/mol. The molecule has 0 amide bonds. The molecule has 0 bridgehead atoms. The predicted octanol–water partition coefficient (Wildman–Crippen LogP) is 7.46. The van der Waals surface area contributed by atoms with Crippen LogP contribution in [0.3, 0.4) is 0 Å². The number of esters is 1. The van der Waals surface area contributed by atoms with Crippen molar-refractivity contribution < 1.29 is 24.2 Å². The first kappa shape index (κ1) is 31.1. The third-order valence-corrected chi connectivity index (χ3v) is 7.01. The Kier molecular flexibility index (Phi) is 13.6. The van der Waals surface area contributed by atoms with E-state index in [1.54, 1.807) is 13.0 Å². The molecule has 0 aliphatic rings.